The molecule has 0 radical (unpaired) electrons. The van der Waals surface area contributed by atoms with Gasteiger partial charge in [0.2, 0.25) is 0 Å². The minimum atomic E-state index is -0.550. The summed E-state index contributed by atoms with van der Waals surface area (Å²) in [5.74, 6) is 15.5. The van der Waals surface area contributed by atoms with Crippen LogP contribution in [0.5, 0.6) is 0 Å². The zero-order valence-electron chi connectivity index (χ0n) is 84.8. The van der Waals surface area contributed by atoms with E-state index in [4.69, 9.17) is 0 Å². The van der Waals surface area contributed by atoms with Crippen LogP contribution in [0.3, 0.4) is 0 Å². The molecule has 35 atom stereocenters. The Kier molecular flexibility index (Phi) is 25.0. The van der Waals surface area contributed by atoms with Gasteiger partial charge in [-0.15, -0.1) is 0 Å². The van der Waals surface area contributed by atoms with E-state index < -0.39 is 5.60 Å². The van der Waals surface area contributed by atoms with E-state index >= 15 is 0 Å². The van der Waals surface area contributed by atoms with Crippen LogP contribution < -0.4 is 0 Å². The van der Waals surface area contributed by atoms with Crippen LogP contribution in [0.25, 0.3) is 0 Å². The van der Waals surface area contributed by atoms with Crippen molar-refractivity contribution in [3.63, 3.8) is 0 Å². The molecule has 0 bridgehead atoms. The Hall–Kier alpha value is -3.68. The Morgan fingerprint density at radius 2 is 0.651 bits per heavy atom. The van der Waals surface area contributed by atoms with E-state index in [0.717, 1.165) is 185 Å². The number of aliphatic hydroxyl groups is 4. The number of Topliss-reactive ketones (excluding diaryl/α,β-unsaturated/α-hetero) is 2. The number of hydrogen-bond acceptors (Lipinski definition) is 6. The molecular weight excluding hydrogens is 1570 g/mol. The second-order valence-electron chi connectivity index (χ2n) is 53.6. The molecule has 0 spiro atoms. The predicted octanol–water partition coefficient (Wildman–Crippen LogP) is 30.9. The molecule has 24 aliphatic carbocycles. The largest absolute Gasteiger partial charge is 0.393 e. The minimum Gasteiger partial charge on any atom is -0.393 e. The first kappa shape index (κ1) is 94.3. The Morgan fingerprint density at radius 3 is 1.10 bits per heavy atom. The van der Waals surface area contributed by atoms with Crippen LogP contribution >= 0.6 is 0 Å². The van der Waals surface area contributed by atoms with Gasteiger partial charge in [0.05, 0.1) is 23.9 Å². The zero-order chi connectivity index (χ0) is 91.3. The molecule has 712 valence electrons. The van der Waals surface area contributed by atoms with Gasteiger partial charge in [0.25, 0.3) is 0 Å². The van der Waals surface area contributed by atoms with Crippen molar-refractivity contribution >= 4 is 11.6 Å². The van der Waals surface area contributed by atoms with Crippen molar-refractivity contribution in [1.82, 2.24) is 0 Å². The summed E-state index contributed by atoms with van der Waals surface area (Å²) in [5.41, 5.74) is 22.3. The highest BCUT2D eigenvalue weighted by Crippen LogP contribution is 2.74. The first-order valence-corrected chi connectivity index (χ1v) is 55.5. The number of carbonyl (C=O) groups is 2. The lowest BCUT2D eigenvalue weighted by molar-refractivity contribution is -0.227. The third kappa shape index (κ3) is 14.8. The van der Waals surface area contributed by atoms with Crippen molar-refractivity contribution in [3.05, 3.63) is 130 Å². The average Bonchev–Trinajstić information content (AvgIpc) is 1.67. The van der Waals surface area contributed by atoms with E-state index in [-0.39, 0.29) is 29.1 Å². The van der Waals surface area contributed by atoms with Gasteiger partial charge in [0.1, 0.15) is 11.6 Å². The molecule has 24 rings (SSSR count). The maximum Gasteiger partial charge on any atom is 0.133 e. The molecule has 4 N–H and O–H groups in total. The first-order valence-electron chi connectivity index (χ1n) is 55.5. The molecule has 0 aliphatic heterocycles. The van der Waals surface area contributed by atoms with Gasteiger partial charge in [-0.25, -0.2) is 0 Å². The topological polar surface area (TPSA) is 115 Å². The summed E-state index contributed by atoms with van der Waals surface area (Å²) in [4.78, 5) is 23.8. The second kappa shape index (κ2) is 34.1. The van der Waals surface area contributed by atoms with Crippen LogP contribution in [-0.2, 0) is 9.59 Å². The van der Waals surface area contributed by atoms with Crippen molar-refractivity contribution in [3.8, 4) is 0 Å². The standard InChI is InChI=1S/C23H34.C20H30O2.C20H32O.2C20H30O.C20H28O/c1-5-16-11-13-23(4)18(15-16)7-9-19-20-10-8-17(6-2)22(20,3)14-12-21(19)23;1-13-4-6-16-17-7-5-14-12-15(21)8-9-19(14,3)20(17,22)11-10-18(13,16)2;4*1-13-4-7-17-16-6-5-14-12-15(21)8-10-20(14,3)18(16)9-11-19(13,17)2/h5-6,12,18-20H,7-11,13-15H2,1-4H3;14,16-17,22H,1,4-12H2,2-3H3;9,13-17,21H,4-8,10-12H2,1-3H3;2*9,14-17,21H,1,4-8,10-12H2,2-3H3;9,14,16-17H,1,4-8,10-12H2,2-3H3/b16-5-,17-6-;;;;;/t18-,19?,20?,22-,23+;14-,16?,17?,18+,19-,20+;13-,14+,15+,16?,17?,19+,20-;14-,15+,16?,17?,19+,20-;14-,15+,16?,17?,19-,20+;14-,16?,17?,19+,20-/m100010/s1. The van der Waals surface area contributed by atoms with Crippen LogP contribution in [-0.4, -0.2) is 55.9 Å². The summed E-state index contributed by atoms with van der Waals surface area (Å²) >= 11 is 0. The lowest BCUT2D eigenvalue weighted by Crippen LogP contribution is -2.65. The van der Waals surface area contributed by atoms with Gasteiger partial charge in [0, 0.05) is 31.1 Å². The van der Waals surface area contributed by atoms with E-state index in [1.807, 2.05) is 11.1 Å². The van der Waals surface area contributed by atoms with Crippen molar-refractivity contribution in [1.29, 1.82) is 0 Å². The number of allylic oxidation sites excluding steroid dienone is 18. The summed E-state index contributed by atoms with van der Waals surface area (Å²) in [6, 6.07) is 0. The molecule has 0 aromatic rings. The lowest BCUT2D eigenvalue weighted by atomic mass is 9.43. The van der Waals surface area contributed by atoms with Crippen molar-refractivity contribution in [2.24, 2.45) is 177 Å². The molecule has 0 amide bonds. The lowest BCUT2D eigenvalue weighted by Gasteiger charge is -2.64. The van der Waals surface area contributed by atoms with Gasteiger partial charge in [-0.05, 0) is 475 Å². The molecule has 6 heteroatoms. The third-order valence-electron chi connectivity index (χ3n) is 49.3. The van der Waals surface area contributed by atoms with Gasteiger partial charge >= 0.3 is 0 Å². The molecule has 0 aromatic carbocycles. The van der Waals surface area contributed by atoms with Crippen LogP contribution in [0.15, 0.2) is 130 Å². The van der Waals surface area contributed by atoms with Gasteiger partial charge < -0.3 is 20.4 Å². The molecule has 129 heavy (non-hydrogen) atoms. The highest BCUT2D eigenvalue weighted by atomic mass is 16.3. The normalized spacial score (nSPS) is 52.5. The number of rotatable bonds is 0. The molecule has 19 fully saturated rings. The van der Waals surface area contributed by atoms with Crippen LogP contribution in [0.4, 0.5) is 0 Å². The van der Waals surface area contributed by atoms with E-state index in [0.29, 0.717) is 102 Å². The number of carbonyl (C=O) groups excluding carboxylic acids is 2. The molecule has 0 saturated heterocycles. The fourth-order valence-corrected chi connectivity index (χ4v) is 39.7. The maximum atomic E-state index is 11.9. The Morgan fingerprint density at radius 1 is 0.302 bits per heavy atom. The fraction of sp³-hybridized carbons (Fsp3) is 0.805. The van der Waals surface area contributed by atoms with E-state index in [2.05, 4.69) is 173 Å². The molecule has 19 saturated carbocycles. The molecule has 24 aliphatic rings. The summed E-state index contributed by atoms with van der Waals surface area (Å²) in [6.07, 6.45) is 76.8. The van der Waals surface area contributed by atoms with Gasteiger partial charge in [-0.2, -0.15) is 0 Å². The summed E-state index contributed by atoms with van der Waals surface area (Å²) in [7, 11) is 0. The molecule has 6 nitrogen and oxygen atoms in total. The molecule has 0 heterocycles. The summed E-state index contributed by atoms with van der Waals surface area (Å²) in [6.45, 7) is 54.4. The number of hydrogen-bond donors (Lipinski definition) is 4. The summed E-state index contributed by atoms with van der Waals surface area (Å²) < 4.78 is 0. The number of ketones is 2. The van der Waals surface area contributed by atoms with Crippen molar-refractivity contribution in [2.75, 3.05) is 0 Å². The zero-order valence-corrected chi connectivity index (χ0v) is 84.8. The highest BCUT2D eigenvalue weighted by molar-refractivity contribution is 5.80. The van der Waals surface area contributed by atoms with Crippen LogP contribution in [0.2, 0.25) is 0 Å². The molecule has 12 unspecified atom stereocenters. The SMILES string of the molecule is C/C=C1/CC[C@]2(C)C3=CC[C@]4(C)/C(=C\C)CCC4C3CC[C@@H]2C1.C=C1CCC2C3CC[C@@H]4C[C@@H](O)CC[C@]4(C)C3=CC[C@]12C.C=C1CCC2C3CC[C@H]4CC(=O)CC[C@]4(C)C3=CC[C@]12C.C=C1CCC2C3CC[C@H]4CC(=O)CC[C@]4(C)[C@@]3(O)CC[C@]12C.C=C1CCC2C3CC[C@H]4C[C@H](O)CC[C@]4(C)C3=CC[C@]12C.C[C@H]1CCC2C3CC[C@@H]4C[C@H](O)CC[C@]4(C)C3=CC[C@@]21C. The van der Waals surface area contributed by atoms with E-state index in [9.17, 15) is 30.0 Å². The average molecular weight is 1760 g/mol. The predicted molar refractivity (Wildman–Crippen MR) is 533 cm³/mol. The first-order chi connectivity index (χ1) is 61.1. The second-order valence-corrected chi connectivity index (χ2v) is 53.6. The van der Waals surface area contributed by atoms with E-state index in [1.165, 1.54) is 228 Å². The molecule has 0 aromatic heterocycles. The quantitative estimate of drug-likeness (QED) is 0.180. The Balaban J connectivity index is 0.000000101. The maximum absolute atomic E-state index is 11.9. The summed E-state index contributed by atoms with van der Waals surface area (Å²) in [5, 5.41) is 42.0. The number of fused-ring (bicyclic) bond motifs is 30. The van der Waals surface area contributed by atoms with Crippen LogP contribution in [0, 0.1) is 177 Å². The highest BCUT2D eigenvalue weighted by Gasteiger charge is 2.68. The monoisotopic (exact) mass is 1760 g/mol. The Labute approximate surface area is 786 Å². The fourth-order valence-electron chi connectivity index (χ4n) is 39.7. The van der Waals surface area contributed by atoms with Gasteiger partial charge in [-0.1, -0.05) is 220 Å². The van der Waals surface area contributed by atoms with Crippen molar-refractivity contribution < 1.29 is 30.0 Å². The van der Waals surface area contributed by atoms with Crippen LogP contribution in [0.1, 0.15) is 418 Å². The van der Waals surface area contributed by atoms with Gasteiger partial charge in [0.15, 0.2) is 0 Å². The molecular formula is C123H184O6. The smallest absolute Gasteiger partial charge is 0.133 e. The van der Waals surface area contributed by atoms with Gasteiger partial charge in [-0.3, -0.25) is 9.59 Å². The minimum absolute atomic E-state index is 0.0272. The van der Waals surface area contributed by atoms with E-state index in [1.54, 1.807) is 27.9 Å². The Bertz CT molecular complexity index is 4530. The van der Waals surface area contributed by atoms with Crippen molar-refractivity contribution in [2.45, 2.75) is 442 Å². The third-order valence-corrected chi connectivity index (χ3v) is 49.3. The number of aliphatic hydroxyl groups excluding tert-OH is 3.